The van der Waals surface area contributed by atoms with Gasteiger partial charge in [-0.05, 0) is 67.5 Å². The average Bonchev–Trinajstić information content (AvgIpc) is 3.38. The zero-order chi connectivity index (χ0) is 35.0. The first-order chi connectivity index (χ1) is 21.5. The number of sulfone groups is 2. The molecule has 0 spiro atoms. The van der Waals surface area contributed by atoms with Crippen LogP contribution in [0.3, 0.4) is 0 Å². The molecule has 3 aliphatic rings. The highest BCUT2D eigenvalue weighted by Crippen LogP contribution is 2.57. The Morgan fingerprint density at radius 2 is 1.49 bits per heavy atom. The summed E-state index contributed by atoms with van der Waals surface area (Å²) >= 11 is 0. The van der Waals surface area contributed by atoms with E-state index in [0.29, 0.717) is 12.1 Å². The molecule has 1 N–H and O–H groups in total. The molecule has 2 fully saturated rings. The van der Waals surface area contributed by atoms with Crippen molar-refractivity contribution in [3.8, 4) is 0 Å². The molecule has 2 amide bonds. The SMILES string of the molecule is CC(=O)NC1(C(=O)N2CC[C@@]3(S(=O)(=O)c4ccc(F)cc4)c4ccc(C(F)(C(F)(F)F)C(F)(F)F)cc4CC[C@@H]23)CCS(=O)(=O)CC1. The van der Waals surface area contributed by atoms with Crippen LogP contribution in [0.25, 0.3) is 0 Å². The largest absolute Gasteiger partial charge is 0.435 e. The van der Waals surface area contributed by atoms with Crippen LogP contribution in [0.5, 0.6) is 0 Å². The molecule has 0 unspecified atom stereocenters. The Kier molecular flexibility index (Phi) is 8.30. The molecule has 0 bridgehead atoms. The molecule has 2 aromatic carbocycles. The van der Waals surface area contributed by atoms with Crippen LogP contribution < -0.4 is 5.32 Å². The van der Waals surface area contributed by atoms with Gasteiger partial charge in [-0.2, -0.15) is 26.3 Å². The molecule has 2 aromatic rings. The number of hydrogen-bond donors (Lipinski definition) is 1. The number of amides is 2. The monoisotopic (exact) mass is 716 g/mol. The number of carbonyl (C=O) groups is 2. The van der Waals surface area contributed by atoms with E-state index in [0.717, 1.165) is 36.1 Å². The summed E-state index contributed by atoms with van der Waals surface area (Å²) in [6, 6.07) is 3.46. The van der Waals surface area contributed by atoms with Gasteiger partial charge in [-0.1, -0.05) is 18.2 Å². The summed E-state index contributed by atoms with van der Waals surface area (Å²) in [5.74, 6) is -3.22. The normalized spacial score (nSPS) is 24.3. The lowest BCUT2D eigenvalue weighted by Gasteiger charge is -2.46. The molecule has 1 aliphatic carbocycles. The Hall–Kier alpha value is -3.28. The Morgan fingerprint density at radius 3 is 2.02 bits per heavy atom. The van der Waals surface area contributed by atoms with Crippen LogP contribution >= 0.6 is 0 Å². The third kappa shape index (κ3) is 5.38. The third-order valence-electron chi connectivity index (χ3n) is 9.43. The van der Waals surface area contributed by atoms with Gasteiger partial charge >= 0.3 is 18.0 Å². The Morgan fingerprint density at radius 1 is 0.915 bits per heavy atom. The molecule has 5 rings (SSSR count). The maximum absolute atomic E-state index is 15.0. The first-order valence-electron chi connectivity index (χ1n) is 14.3. The number of fused-ring (bicyclic) bond motifs is 3. The van der Waals surface area contributed by atoms with Gasteiger partial charge < -0.3 is 10.2 Å². The zero-order valence-electron chi connectivity index (χ0n) is 24.5. The van der Waals surface area contributed by atoms with E-state index in [1.165, 1.54) is 0 Å². The topological polar surface area (TPSA) is 118 Å². The Labute approximate surface area is 264 Å². The van der Waals surface area contributed by atoms with Crippen molar-refractivity contribution < 1.29 is 61.5 Å². The van der Waals surface area contributed by atoms with Crippen LogP contribution in [0.1, 0.15) is 49.3 Å². The van der Waals surface area contributed by atoms with Crippen molar-refractivity contribution in [3.05, 3.63) is 65.0 Å². The molecule has 2 aliphatic heterocycles. The van der Waals surface area contributed by atoms with Gasteiger partial charge in [-0.3, -0.25) is 9.59 Å². The van der Waals surface area contributed by atoms with Crippen LogP contribution in [0.2, 0.25) is 0 Å². The standard InChI is InChI=1S/C29H28F8N2O6S2/c1-17(40)38-25(11-14-46(42,43)15-12-25)24(41)39-13-10-26(47(44,45)21-6-4-20(30)5-7-21)22-8-3-19(16-18(22)2-9-23(26)39)27(31,28(32,33)34)29(35,36)37/h3-8,16,23H,2,9-15H2,1H3,(H,38,40)/t23-,26-/m1/s1. The highest BCUT2D eigenvalue weighted by molar-refractivity contribution is 7.92. The van der Waals surface area contributed by atoms with Crippen LogP contribution in [-0.2, 0) is 46.1 Å². The fourth-order valence-corrected chi connectivity index (χ4v) is 11.1. The van der Waals surface area contributed by atoms with E-state index in [1.807, 2.05) is 0 Å². The highest BCUT2D eigenvalue weighted by Gasteiger charge is 2.74. The average molecular weight is 717 g/mol. The molecular weight excluding hydrogens is 688 g/mol. The lowest BCUT2D eigenvalue weighted by Crippen LogP contribution is -2.64. The van der Waals surface area contributed by atoms with Gasteiger partial charge in [0.05, 0.1) is 22.4 Å². The predicted molar refractivity (Wildman–Crippen MR) is 149 cm³/mol. The number of benzene rings is 2. The second-order valence-electron chi connectivity index (χ2n) is 12.1. The van der Waals surface area contributed by atoms with Crippen LogP contribution in [0.15, 0.2) is 47.4 Å². The maximum Gasteiger partial charge on any atom is 0.435 e. The molecule has 0 radical (unpaired) electrons. The molecule has 2 heterocycles. The van der Waals surface area contributed by atoms with E-state index in [1.54, 1.807) is 0 Å². The number of rotatable bonds is 5. The van der Waals surface area contributed by atoms with Gasteiger partial charge in [0.15, 0.2) is 19.7 Å². The van der Waals surface area contributed by atoms with E-state index in [2.05, 4.69) is 5.32 Å². The molecule has 0 saturated carbocycles. The number of aryl methyl sites for hydroxylation is 1. The first kappa shape index (κ1) is 35.0. The summed E-state index contributed by atoms with van der Waals surface area (Å²) < 4.78 is 162. The van der Waals surface area contributed by atoms with Crippen molar-refractivity contribution in [1.29, 1.82) is 0 Å². The van der Waals surface area contributed by atoms with Crippen molar-refractivity contribution >= 4 is 31.5 Å². The summed E-state index contributed by atoms with van der Waals surface area (Å²) in [5, 5.41) is 2.53. The van der Waals surface area contributed by atoms with Crippen molar-refractivity contribution in [2.45, 2.75) is 78.3 Å². The number of alkyl halides is 7. The van der Waals surface area contributed by atoms with Gasteiger partial charge in [0.25, 0.3) is 0 Å². The number of nitrogens with zero attached hydrogens (tertiary/aromatic N) is 1. The number of carbonyl (C=O) groups excluding carboxylic acids is 2. The number of likely N-dealkylation sites (tertiary alicyclic amines) is 1. The van der Waals surface area contributed by atoms with Crippen molar-refractivity contribution in [2.24, 2.45) is 0 Å². The first-order valence-corrected chi connectivity index (χ1v) is 17.6. The molecule has 47 heavy (non-hydrogen) atoms. The van der Waals surface area contributed by atoms with Gasteiger partial charge in [0.2, 0.25) is 11.8 Å². The molecule has 258 valence electrons. The van der Waals surface area contributed by atoms with Gasteiger partial charge in [-0.25, -0.2) is 25.6 Å². The van der Waals surface area contributed by atoms with Crippen LogP contribution in [0, 0.1) is 5.82 Å². The number of halogens is 8. The molecule has 18 heteroatoms. The highest BCUT2D eigenvalue weighted by atomic mass is 32.2. The number of nitrogens with one attached hydrogen (secondary N) is 1. The van der Waals surface area contributed by atoms with Crippen molar-refractivity contribution in [3.63, 3.8) is 0 Å². The fraction of sp³-hybridized carbons (Fsp3) is 0.517. The molecule has 8 nitrogen and oxygen atoms in total. The number of hydrogen-bond acceptors (Lipinski definition) is 6. The minimum absolute atomic E-state index is 0.222. The smallest absolute Gasteiger partial charge is 0.342 e. The van der Waals surface area contributed by atoms with Gasteiger partial charge in [-0.15, -0.1) is 0 Å². The molecule has 0 aromatic heterocycles. The minimum atomic E-state index is -6.42. The maximum atomic E-state index is 15.0. The van der Waals surface area contributed by atoms with Gasteiger partial charge in [0, 0.05) is 19.0 Å². The van der Waals surface area contributed by atoms with Crippen molar-refractivity contribution in [2.75, 3.05) is 18.1 Å². The second-order valence-corrected chi connectivity index (χ2v) is 16.6. The third-order valence-corrected chi connectivity index (χ3v) is 13.6. The summed E-state index contributed by atoms with van der Waals surface area (Å²) in [4.78, 5) is 27.1. The summed E-state index contributed by atoms with van der Waals surface area (Å²) in [5.41, 5.74) is -9.91. The summed E-state index contributed by atoms with van der Waals surface area (Å²) in [6.45, 7) is 0.782. The Balaban J connectivity index is 1.69. The molecule has 2 saturated heterocycles. The lowest BCUT2D eigenvalue weighted by molar-refractivity contribution is -0.348. The quantitative estimate of drug-likeness (QED) is 0.362. The lowest BCUT2D eigenvalue weighted by atomic mass is 9.76. The van der Waals surface area contributed by atoms with E-state index in [4.69, 9.17) is 0 Å². The van der Waals surface area contributed by atoms with Crippen LogP contribution in [0.4, 0.5) is 35.1 Å². The minimum Gasteiger partial charge on any atom is -0.342 e. The predicted octanol–water partition coefficient (Wildman–Crippen LogP) is 4.41. The van der Waals surface area contributed by atoms with E-state index < -0.39 is 100 Å². The Bertz CT molecular complexity index is 1800. The van der Waals surface area contributed by atoms with E-state index >= 15 is 4.39 Å². The van der Waals surface area contributed by atoms with Gasteiger partial charge in [0.1, 0.15) is 16.1 Å². The summed E-state index contributed by atoms with van der Waals surface area (Å²) in [7, 11) is -8.30. The summed E-state index contributed by atoms with van der Waals surface area (Å²) in [6.07, 6.45) is -14.6. The molecular formula is C29H28F8N2O6S2. The van der Waals surface area contributed by atoms with Crippen LogP contribution in [-0.4, -0.2) is 75.5 Å². The van der Waals surface area contributed by atoms with Crippen molar-refractivity contribution in [1.82, 2.24) is 10.2 Å². The zero-order valence-corrected chi connectivity index (χ0v) is 26.1. The van der Waals surface area contributed by atoms with E-state index in [-0.39, 0.29) is 49.4 Å². The van der Waals surface area contributed by atoms with E-state index in [9.17, 15) is 57.2 Å². The molecule has 2 atom stereocenters. The fourth-order valence-electron chi connectivity index (χ4n) is 7.19. The second kappa shape index (κ2) is 11.1.